The fourth-order valence-corrected chi connectivity index (χ4v) is 2.55. The zero-order valence-electron chi connectivity index (χ0n) is 14.1. The highest BCUT2D eigenvalue weighted by Gasteiger charge is 2.21. The second-order valence-corrected chi connectivity index (χ2v) is 5.75. The standard InChI is InChI=1S/C18H20N2O4/c1-11-9-12(2)17(13(3)10-11)19-18(21)14(4)24-16-8-6-5-7-15(16)20(22)23/h5-10,14H,1-4H3,(H,19,21). The largest absolute Gasteiger partial charge is 0.474 e. The van der Waals surface area contributed by atoms with E-state index >= 15 is 0 Å². The van der Waals surface area contributed by atoms with Crippen LogP contribution >= 0.6 is 0 Å². The van der Waals surface area contributed by atoms with Crippen LogP contribution in [0.2, 0.25) is 0 Å². The van der Waals surface area contributed by atoms with Gasteiger partial charge in [0.25, 0.3) is 5.91 Å². The first-order valence-corrected chi connectivity index (χ1v) is 7.58. The lowest BCUT2D eigenvalue weighted by molar-refractivity contribution is -0.386. The highest BCUT2D eigenvalue weighted by molar-refractivity contribution is 5.95. The van der Waals surface area contributed by atoms with Crippen LogP contribution in [0.1, 0.15) is 23.6 Å². The van der Waals surface area contributed by atoms with Crippen LogP contribution in [0.25, 0.3) is 0 Å². The Morgan fingerprint density at radius 2 is 1.75 bits per heavy atom. The molecular weight excluding hydrogens is 308 g/mol. The van der Waals surface area contributed by atoms with Gasteiger partial charge >= 0.3 is 5.69 Å². The van der Waals surface area contributed by atoms with E-state index in [0.717, 1.165) is 22.4 Å². The fraction of sp³-hybridized carbons (Fsp3) is 0.278. The van der Waals surface area contributed by atoms with Gasteiger partial charge in [-0.1, -0.05) is 29.8 Å². The number of carbonyl (C=O) groups excluding carboxylic acids is 1. The van der Waals surface area contributed by atoms with E-state index in [-0.39, 0.29) is 17.3 Å². The van der Waals surface area contributed by atoms with Crippen molar-refractivity contribution in [3.8, 4) is 5.75 Å². The molecule has 0 bridgehead atoms. The number of nitro benzene ring substituents is 1. The van der Waals surface area contributed by atoms with Gasteiger partial charge in [-0.25, -0.2) is 0 Å². The van der Waals surface area contributed by atoms with Gasteiger partial charge in [-0.3, -0.25) is 14.9 Å². The lowest BCUT2D eigenvalue weighted by atomic mass is 10.0. The molecule has 6 heteroatoms. The third-order valence-corrected chi connectivity index (χ3v) is 3.66. The Labute approximate surface area is 140 Å². The molecule has 0 saturated heterocycles. The summed E-state index contributed by atoms with van der Waals surface area (Å²) in [6, 6.07) is 9.96. The van der Waals surface area contributed by atoms with Gasteiger partial charge in [0.15, 0.2) is 11.9 Å². The molecule has 126 valence electrons. The molecule has 1 unspecified atom stereocenters. The van der Waals surface area contributed by atoms with Crippen LogP contribution < -0.4 is 10.1 Å². The average molecular weight is 328 g/mol. The molecule has 1 N–H and O–H groups in total. The number of nitrogens with one attached hydrogen (secondary N) is 1. The maximum Gasteiger partial charge on any atom is 0.310 e. The van der Waals surface area contributed by atoms with Crippen molar-refractivity contribution in [1.29, 1.82) is 0 Å². The molecule has 24 heavy (non-hydrogen) atoms. The van der Waals surface area contributed by atoms with E-state index in [1.807, 2.05) is 32.9 Å². The smallest absolute Gasteiger partial charge is 0.310 e. The molecule has 0 aliphatic heterocycles. The van der Waals surface area contributed by atoms with Crippen LogP contribution in [0, 0.1) is 30.9 Å². The predicted molar refractivity (Wildman–Crippen MR) is 92.5 cm³/mol. The summed E-state index contributed by atoms with van der Waals surface area (Å²) in [7, 11) is 0. The third kappa shape index (κ3) is 3.90. The first-order valence-electron chi connectivity index (χ1n) is 7.58. The molecule has 0 heterocycles. The van der Waals surface area contributed by atoms with E-state index in [1.165, 1.54) is 12.1 Å². The molecule has 2 aromatic carbocycles. The number of hydrogen-bond acceptors (Lipinski definition) is 4. The molecule has 0 fully saturated rings. The highest BCUT2D eigenvalue weighted by Crippen LogP contribution is 2.27. The third-order valence-electron chi connectivity index (χ3n) is 3.66. The summed E-state index contributed by atoms with van der Waals surface area (Å²) in [5, 5.41) is 13.9. The maximum absolute atomic E-state index is 12.4. The number of hydrogen-bond donors (Lipinski definition) is 1. The Hall–Kier alpha value is -2.89. The average Bonchev–Trinajstić information content (AvgIpc) is 2.50. The molecule has 0 aliphatic carbocycles. The second kappa shape index (κ2) is 7.12. The van der Waals surface area contributed by atoms with Crippen molar-refractivity contribution < 1.29 is 14.5 Å². The molecule has 0 aromatic heterocycles. The first-order chi connectivity index (χ1) is 11.3. The molecule has 0 spiro atoms. The SMILES string of the molecule is Cc1cc(C)c(NC(=O)C(C)Oc2ccccc2[N+](=O)[O-])c(C)c1. The highest BCUT2D eigenvalue weighted by atomic mass is 16.6. The van der Waals surface area contributed by atoms with Crippen LogP contribution in [0.5, 0.6) is 5.75 Å². The van der Waals surface area contributed by atoms with Gasteiger partial charge in [-0.05, 0) is 44.9 Å². The van der Waals surface area contributed by atoms with Crippen LogP contribution in [0.15, 0.2) is 36.4 Å². The Morgan fingerprint density at radius 3 is 2.33 bits per heavy atom. The van der Waals surface area contributed by atoms with Gasteiger partial charge in [0, 0.05) is 11.8 Å². The zero-order valence-corrected chi connectivity index (χ0v) is 14.1. The van der Waals surface area contributed by atoms with Crippen LogP contribution in [0.4, 0.5) is 11.4 Å². The van der Waals surface area contributed by atoms with Crippen molar-refractivity contribution in [2.45, 2.75) is 33.8 Å². The first kappa shape index (κ1) is 17.5. The minimum absolute atomic E-state index is 0.0718. The van der Waals surface area contributed by atoms with Crippen molar-refractivity contribution >= 4 is 17.3 Å². The molecule has 1 amide bonds. The number of carbonyl (C=O) groups is 1. The second-order valence-electron chi connectivity index (χ2n) is 5.75. The fourth-order valence-electron chi connectivity index (χ4n) is 2.55. The quantitative estimate of drug-likeness (QED) is 0.666. The number of anilines is 1. The Bertz CT molecular complexity index is 763. The number of rotatable bonds is 5. The summed E-state index contributed by atoms with van der Waals surface area (Å²) in [4.78, 5) is 22.9. The molecule has 0 saturated carbocycles. The number of ether oxygens (including phenoxy) is 1. The zero-order chi connectivity index (χ0) is 17.9. The van der Waals surface area contributed by atoms with E-state index in [2.05, 4.69) is 5.32 Å². The number of aryl methyl sites for hydroxylation is 3. The van der Waals surface area contributed by atoms with Gasteiger partial charge < -0.3 is 10.1 Å². The van der Waals surface area contributed by atoms with Gasteiger partial charge in [0.1, 0.15) is 0 Å². The Morgan fingerprint density at radius 1 is 1.17 bits per heavy atom. The summed E-state index contributed by atoms with van der Waals surface area (Å²) in [6.45, 7) is 7.39. The van der Waals surface area contributed by atoms with E-state index in [4.69, 9.17) is 4.74 Å². The lowest BCUT2D eigenvalue weighted by Gasteiger charge is -2.17. The van der Waals surface area contributed by atoms with Crippen molar-refractivity contribution in [2.75, 3.05) is 5.32 Å². The normalized spacial score (nSPS) is 11.7. The monoisotopic (exact) mass is 328 g/mol. The topological polar surface area (TPSA) is 81.5 Å². The molecule has 2 aromatic rings. The van der Waals surface area contributed by atoms with Gasteiger partial charge in [0.05, 0.1) is 4.92 Å². The molecule has 1 atom stereocenters. The molecule has 0 radical (unpaired) electrons. The van der Waals surface area contributed by atoms with E-state index < -0.39 is 11.0 Å². The molecule has 0 aliphatic rings. The van der Waals surface area contributed by atoms with Crippen molar-refractivity contribution in [3.05, 3.63) is 63.2 Å². The number of benzene rings is 2. The number of amides is 1. The van der Waals surface area contributed by atoms with Crippen molar-refractivity contribution in [2.24, 2.45) is 0 Å². The summed E-state index contributed by atoms with van der Waals surface area (Å²) >= 11 is 0. The van der Waals surface area contributed by atoms with Crippen LogP contribution in [-0.4, -0.2) is 16.9 Å². The molecule has 6 nitrogen and oxygen atoms in total. The summed E-state index contributed by atoms with van der Waals surface area (Å²) in [5.41, 5.74) is 3.60. The van der Waals surface area contributed by atoms with Gasteiger partial charge in [-0.2, -0.15) is 0 Å². The molecule has 2 rings (SSSR count). The van der Waals surface area contributed by atoms with Crippen molar-refractivity contribution in [1.82, 2.24) is 0 Å². The summed E-state index contributed by atoms with van der Waals surface area (Å²) in [6.07, 6.45) is -0.869. The van der Waals surface area contributed by atoms with Crippen LogP contribution in [0.3, 0.4) is 0 Å². The van der Waals surface area contributed by atoms with E-state index in [9.17, 15) is 14.9 Å². The van der Waals surface area contributed by atoms with Crippen LogP contribution in [-0.2, 0) is 4.79 Å². The number of para-hydroxylation sites is 2. The predicted octanol–water partition coefficient (Wildman–Crippen LogP) is 3.93. The Kier molecular flexibility index (Phi) is 5.18. The van der Waals surface area contributed by atoms with Crippen molar-refractivity contribution in [3.63, 3.8) is 0 Å². The van der Waals surface area contributed by atoms with Gasteiger partial charge in [0.2, 0.25) is 0 Å². The van der Waals surface area contributed by atoms with Gasteiger partial charge in [-0.15, -0.1) is 0 Å². The maximum atomic E-state index is 12.4. The number of nitro groups is 1. The molecular formula is C18H20N2O4. The minimum atomic E-state index is -0.869. The van der Waals surface area contributed by atoms with E-state index in [0.29, 0.717) is 0 Å². The summed E-state index contributed by atoms with van der Waals surface area (Å²) in [5.74, 6) is -0.286. The minimum Gasteiger partial charge on any atom is -0.474 e. The van der Waals surface area contributed by atoms with E-state index in [1.54, 1.807) is 19.1 Å². The lowest BCUT2D eigenvalue weighted by Crippen LogP contribution is -2.30. The summed E-state index contributed by atoms with van der Waals surface area (Å²) < 4.78 is 5.49. The number of nitrogens with zero attached hydrogens (tertiary/aromatic N) is 1. The Balaban J connectivity index is 2.16.